The number of nitrogens with one attached hydrogen (secondary N) is 1. The number of rotatable bonds is 7. The van der Waals surface area contributed by atoms with Crippen LogP contribution in [0.1, 0.15) is 54.7 Å². The smallest absolute Gasteiger partial charge is 0.197 e. The van der Waals surface area contributed by atoms with Crippen LogP contribution in [0.5, 0.6) is 17.2 Å². The highest BCUT2D eigenvalue weighted by Crippen LogP contribution is 2.40. The number of Topliss-reactive ketones (excluding diaryl/α,β-unsaturated/α-hetero) is 1. The largest absolute Gasteiger partial charge is 0.492 e. The van der Waals surface area contributed by atoms with Crippen molar-refractivity contribution in [3.05, 3.63) is 52.3 Å². The molecule has 0 aromatic heterocycles. The van der Waals surface area contributed by atoms with Crippen molar-refractivity contribution < 1.29 is 23.4 Å². The fourth-order valence-corrected chi connectivity index (χ4v) is 4.12. The monoisotopic (exact) mass is 426 g/mol. The van der Waals surface area contributed by atoms with E-state index in [1.54, 1.807) is 24.0 Å². The first-order valence-electron chi connectivity index (χ1n) is 10.5. The number of ketones is 1. The van der Waals surface area contributed by atoms with Crippen LogP contribution >= 0.6 is 0 Å². The van der Waals surface area contributed by atoms with Crippen molar-refractivity contribution >= 4 is 11.6 Å². The number of carbonyl (C=O) groups is 1. The van der Waals surface area contributed by atoms with Crippen molar-refractivity contribution in [3.63, 3.8) is 0 Å². The van der Waals surface area contributed by atoms with Crippen molar-refractivity contribution in [2.75, 3.05) is 26.4 Å². The number of carbonyl (C=O) groups excluding carboxylic acids is 1. The Kier molecular flexibility index (Phi) is 5.37. The lowest BCUT2D eigenvalue weighted by molar-refractivity contribution is 0.0962. The number of halogens is 1. The molecule has 2 aliphatic rings. The topological polar surface area (TPSA) is 71.9 Å². The molecule has 0 atom stereocenters. The molecule has 0 saturated carbocycles. The Morgan fingerprint density at radius 2 is 1.97 bits per heavy atom. The minimum absolute atomic E-state index is 0.0129. The zero-order chi connectivity index (χ0) is 22.3. The van der Waals surface area contributed by atoms with Gasteiger partial charge in [0.1, 0.15) is 11.6 Å². The van der Waals surface area contributed by atoms with Gasteiger partial charge in [0.15, 0.2) is 23.1 Å². The molecule has 1 N–H and O–H groups in total. The van der Waals surface area contributed by atoms with Crippen LogP contribution in [0.2, 0.25) is 0 Å². The quantitative estimate of drug-likeness (QED) is 0.668. The van der Waals surface area contributed by atoms with Crippen LogP contribution < -0.4 is 14.2 Å². The van der Waals surface area contributed by atoms with Gasteiger partial charge < -0.3 is 19.1 Å². The minimum Gasteiger partial charge on any atom is -0.492 e. The van der Waals surface area contributed by atoms with Crippen LogP contribution in [-0.2, 0) is 12.0 Å². The van der Waals surface area contributed by atoms with Crippen molar-refractivity contribution in [2.24, 2.45) is 0 Å². The van der Waals surface area contributed by atoms with Gasteiger partial charge in [-0.1, -0.05) is 13.8 Å². The molecule has 7 heteroatoms. The SMILES string of the molecule is CCOc1cc2c(c(F)c1OCC)C(=N)N(CC(=O)c1ccc3c(c1)C(C)(C)CO3)C2. The summed E-state index contributed by atoms with van der Waals surface area (Å²) >= 11 is 0. The van der Waals surface area contributed by atoms with Gasteiger partial charge in [0.2, 0.25) is 0 Å². The van der Waals surface area contributed by atoms with Gasteiger partial charge >= 0.3 is 0 Å². The average molecular weight is 426 g/mol. The van der Waals surface area contributed by atoms with Crippen molar-refractivity contribution in [3.8, 4) is 17.2 Å². The van der Waals surface area contributed by atoms with E-state index in [1.807, 2.05) is 19.1 Å². The Balaban J connectivity index is 1.59. The highest BCUT2D eigenvalue weighted by atomic mass is 19.1. The molecule has 2 heterocycles. The second-order valence-corrected chi connectivity index (χ2v) is 8.43. The number of nitrogens with zero attached hydrogens (tertiary/aromatic N) is 1. The first-order chi connectivity index (χ1) is 14.8. The number of hydrogen-bond donors (Lipinski definition) is 1. The maximum atomic E-state index is 15.2. The predicted molar refractivity (Wildman–Crippen MR) is 115 cm³/mol. The fraction of sp³-hybridized carbons (Fsp3) is 0.417. The summed E-state index contributed by atoms with van der Waals surface area (Å²) in [4.78, 5) is 14.6. The van der Waals surface area contributed by atoms with E-state index in [9.17, 15) is 4.79 Å². The van der Waals surface area contributed by atoms with Crippen LogP contribution in [0.25, 0.3) is 0 Å². The molecule has 0 fully saturated rings. The molecule has 0 amide bonds. The Hall–Kier alpha value is -3.09. The summed E-state index contributed by atoms with van der Waals surface area (Å²) in [6.45, 7) is 9.22. The highest BCUT2D eigenvalue weighted by Gasteiger charge is 2.35. The number of hydrogen-bond acceptors (Lipinski definition) is 5. The van der Waals surface area contributed by atoms with Crippen molar-refractivity contribution in [1.29, 1.82) is 5.41 Å². The van der Waals surface area contributed by atoms with E-state index in [1.165, 1.54) is 0 Å². The number of amidine groups is 1. The molecule has 31 heavy (non-hydrogen) atoms. The highest BCUT2D eigenvalue weighted by molar-refractivity contribution is 6.06. The third-order valence-corrected chi connectivity index (χ3v) is 5.73. The molecule has 164 valence electrons. The maximum absolute atomic E-state index is 15.2. The van der Waals surface area contributed by atoms with Gasteiger partial charge in [-0.15, -0.1) is 0 Å². The minimum atomic E-state index is -0.612. The van der Waals surface area contributed by atoms with Crippen LogP contribution in [0.4, 0.5) is 4.39 Å². The number of ether oxygens (including phenoxy) is 3. The summed E-state index contributed by atoms with van der Waals surface area (Å²) in [6, 6.07) is 7.15. The first-order valence-corrected chi connectivity index (χ1v) is 10.5. The van der Waals surface area contributed by atoms with E-state index in [4.69, 9.17) is 19.6 Å². The molecular formula is C24H27FN2O4. The molecule has 0 spiro atoms. The maximum Gasteiger partial charge on any atom is 0.197 e. The van der Waals surface area contributed by atoms with E-state index >= 15 is 4.39 Å². The molecule has 2 aromatic carbocycles. The van der Waals surface area contributed by atoms with Gasteiger partial charge in [-0.2, -0.15) is 0 Å². The fourth-order valence-electron chi connectivity index (χ4n) is 4.12. The van der Waals surface area contributed by atoms with E-state index in [-0.39, 0.29) is 48.0 Å². The van der Waals surface area contributed by atoms with Gasteiger partial charge in [-0.05, 0) is 43.7 Å². The lowest BCUT2D eigenvalue weighted by Gasteiger charge is -2.18. The summed E-state index contributed by atoms with van der Waals surface area (Å²) in [5, 5.41) is 8.49. The Labute approximate surface area is 181 Å². The van der Waals surface area contributed by atoms with E-state index in [0.717, 1.165) is 11.3 Å². The zero-order valence-electron chi connectivity index (χ0n) is 18.3. The molecule has 0 unspecified atom stereocenters. The average Bonchev–Trinajstić information content (AvgIpc) is 3.21. The van der Waals surface area contributed by atoms with Crippen molar-refractivity contribution in [1.82, 2.24) is 4.90 Å². The summed E-state index contributed by atoms with van der Waals surface area (Å²) in [5.74, 6) is 0.383. The van der Waals surface area contributed by atoms with Gasteiger partial charge in [0.05, 0.1) is 31.9 Å². The first kappa shape index (κ1) is 21.2. The number of fused-ring (bicyclic) bond motifs is 2. The lowest BCUT2D eigenvalue weighted by atomic mass is 9.86. The molecule has 0 bridgehead atoms. The van der Waals surface area contributed by atoms with Crippen LogP contribution in [0, 0.1) is 11.2 Å². The number of benzene rings is 2. The van der Waals surface area contributed by atoms with Gasteiger partial charge in [-0.25, -0.2) is 4.39 Å². The third-order valence-electron chi connectivity index (χ3n) is 5.73. The summed E-state index contributed by atoms with van der Waals surface area (Å²) in [7, 11) is 0. The Morgan fingerprint density at radius 1 is 1.23 bits per heavy atom. The van der Waals surface area contributed by atoms with Gasteiger partial charge in [-0.3, -0.25) is 10.2 Å². The predicted octanol–water partition coefficient (Wildman–Crippen LogP) is 4.32. The molecule has 6 nitrogen and oxygen atoms in total. The van der Waals surface area contributed by atoms with E-state index < -0.39 is 5.82 Å². The van der Waals surface area contributed by atoms with Gasteiger partial charge in [0.25, 0.3) is 0 Å². The summed E-state index contributed by atoms with van der Waals surface area (Å²) in [5.41, 5.74) is 2.20. The van der Waals surface area contributed by atoms with E-state index in [2.05, 4.69) is 13.8 Å². The molecule has 2 aromatic rings. The summed E-state index contributed by atoms with van der Waals surface area (Å²) < 4.78 is 31.9. The molecule has 4 rings (SSSR count). The van der Waals surface area contributed by atoms with Crippen LogP contribution in [-0.4, -0.2) is 42.9 Å². The molecular weight excluding hydrogens is 399 g/mol. The van der Waals surface area contributed by atoms with E-state index in [0.29, 0.717) is 30.1 Å². The Morgan fingerprint density at radius 3 is 2.68 bits per heavy atom. The lowest BCUT2D eigenvalue weighted by Crippen LogP contribution is -2.30. The second kappa shape index (κ2) is 7.87. The summed E-state index contributed by atoms with van der Waals surface area (Å²) in [6.07, 6.45) is 0. The zero-order valence-corrected chi connectivity index (χ0v) is 18.3. The van der Waals surface area contributed by atoms with Gasteiger partial charge in [0, 0.05) is 23.1 Å². The second-order valence-electron chi connectivity index (χ2n) is 8.43. The molecule has 2 aliphatic heterocycles. The van der Waals surface area contributed by atoms with Crippen LogP contribution in [0.3, 0.4) is 0 Å². The standard InChI is InChI=1S/C24H27FN2O4/c1-5-29-19-10-15-11-27(23(26)20(15)21(25)22(19)30-6-2)12-17(28)14-7-8-18-16(9-14)24(3,4)13-31-18/h7-10,26H,5-6,11-13H2,1-4H3. The normalized spacial score (nSPS) is 16.0. The molecule has 0 saturated heterocycles. The molecule has 0 radical (unpaired) electrons. The van der Waals surface area contributed by atoms with Crippen molar-refractivity contribution in [2.45, 2.75) is 39.7 Å². The third kappa shape index (κ3) is 3.62. The molecule has 0 aliphatic carbocycles. The van der Waals surface area contributed by atoms with Crippen LogP contribution in [0.15, 0.2) is 24.3 Å². The Bertz CT molecular complexity index is 1060.